The van der Waals surface area contributed by atoms with Crippen molar-refractivity contribution in [3.63, 3.8) is 0 Å². The van der Waals surface area contributed by atoms with Crippen LogP contribution < -0.4 is 4.74 Å². The molecule has 0 saturated carbocycles. The first-order valence-corrected chi connectivity index (χ1v) is 4.62. The zero-order valence-corrected chi connectivity index (χ0v) is 8.66. The summed E-state index contributed by atoms with van der Waals surface area (Å²) < 4.78 is 4.92. The zero-order chi connectivity index (χ0) is 11.3. The van der Waals surface area contributed by atoms with Crippen molar-refractivity contribution < 1.29 is 14.3 Å². The molecule has 0 aliphatic carbocycles. The molecule has 0 aromatic heterocycles. The summed E-state index contributed by atoms with van der Waals surface area (Å²) in [5.41, 5.74) is 0.361. The fourth-order valence-electron chi connectivity index (χ4n) is 0.945. The van der Waals surface area contributed by atoms with Crippen molar-refractivity contribution in [2.45, 2.75) is 6.42 Å². The predicted octanol–water partition coefficient (Wildman–Crippen LogP) is 2.55. The lowest BCUT2D eigenvalue weighted by molar-refractivity contribution is -0.133. The third kappa shape index (κ3) is 3.56. The van der Waals surface area contributed by atoms with Gasteiger partial charge in [0.2, 0.25) is 0 Å². The number of hydrogen-bond acceptors (Lipinski definition) is 3. The summed E-state index contributed by atoms with van der Waals surface area (Å²) in [6, 6.07) is 6.00. The molecule has 0 radical (unpaired) electrons. The molecule has 0 N–H and O–H groups in total. The molecule has 0 atom stereocenters. The van der Waals surface area contributed by atoms with Crippen molar-refractivity contribution in [2.75, 3.05) is 0 Å². The Kier molecular flexibility index (Phi) is 4.06. The molecule has 0 aliphatic rings. The highest BCUT2D eigenvalue weighted by molar-refractivity contribution is 6.67. The highest BCUT2D eigenvalue weighted by atomic mass is 35.5. The standard InChI is InChI=1S/C11H9ClO3/c1-2-3-10(13)15-9-6-4-8(5-7-9)11(12)14/h2,4-7H,1,3H2. The average molecular weight is 225 g/mol. The van der Waals surface area contributed by atoms with Crippen molar-refractivity contribution in [1.29, 1.82) is 0 Å². The maximum Gasteiger partial charge on any atom is 0.315 e. The zero-order valence-electron chi connectivity index (χ0n) is 7.90. The Morgan fingerprint density at radius 1 is 1.33 bits per heavy atom. The Labute approximate surface area is 92.3 Å². The van der Waals surface area contributed by atoms with Crippen molar-refractivity contribution in [3.8, 4) is 5.75 Å². The van der Waals surface area contributed by atoms with E-state index in [1.165, 1.54) is 30.3 Å². The lowest BCUT2D eigenvalue weighted by Crippen LogP contribution is -2.05. The molecule has 0 fully saturated rings. The number of carbonyl (C=O) groups excluding carboxylic acids is 2. The molecule has 78 valence electrons. The molecule has 1 rings (SSSR count). The number of ether oxygens (including phenoxy) is 1. The van der Waals surface area contributed by atoms with Gasteiger partial charge < -0.3 is 4.74 Å². The number of benzene rings is 1. The van der Waals surface area contributed by atoms with E-state index in [4.69, 9.17) is 16.3 Å². The SMILES string of the molecule is C=CCC(=O)Oc1ccc(C(=O)Cl)cc1. The van der Waals surface area contributed by atoms with E-state index in [1.54, 1.807) is 0 Å². The summed E-state index contributed by atoms with van der Waals surface area (Å²) in [6.45, 7) is 3.42. The third-order valence-electron chi connectivity index (χ3n) is 1.62. The molecule has 0 bridgehead atoms. The maximum atomic E-state index is 11.0. The number of carbonyl (C=O) groups is 2. The fraction of sp³-hybridized carbons (Fsp3) is 0.0909. The first-order valence-electron chi connectivity index (χ1n) is 4.25. The van der Waals surface area contributed by atoms with E-state index >= 15 is 0 Å². The van der Waals surface area contributed by atoms with Crippen molar-refractivity contribution >= 4 is 22.8 Å². The van der Waals surface area contributed by atoms with Gasteiger partial charge in [0.25, 0.3) is 5.24 Å². The molecule has 0 heterocycles. The predicted molar refractivity (Wildman–Crippen MR) is 57.1 cm³/mol. The van der Waals surface area contributed by atoms with Crippen molar-refractivity contribution in [2.24, 2.45) is 0 Å². The highest BCUT2D eigenvalue weighted by Gasteiger charge is 2.04. The first kappa shape index (κ1) is 11.5. The summed E-state index contributed by atoms with van der Waals surface area (Å²) in [6.07, 6.45) is 1.61. The summed E-state index contributed by atoms with van der Waals surface area (Å²) in [4.78, 5) is 21.8. The van der Waals surface area contributed by atoms with E-state index in [1.807, 2.05) is 0 Å². The largest absolute Gasteiger partial charge is 0.426 e. The van der Waals surface area contributed by atoms with Gasteiger partial charge in [-0.2, -0.15) is 0 Å². The van der Waals surface area contributed by atoms with Gasteiger partial charge in [0.05, 0.1) is 6.42 Å². The lowest BCUT2D eigenvalue weighted by atomic mass is 10.2. The Balaban J connectivity index is 2.68. The second kappa shape index (κ2) is 5.32. The van der Waals surface area contributed by atoms with Gasteiger partial charge in [-0.1, -0.05) is 6.08 Å². The molecule has 3 nitrogen and oxygen atoms in total. The van der Waals surface area contributed by atoms with Gasteiger partial charge in [-0.3, -0.25) is 9.59 Å². The summed E-state index contributed by atoms with van der Waals surface area (Å²) in [5, 5.41) is -0.543. The van der Waals surface area contributed by atoms with Crippen LogP contribution >= 0.6 is 11.6 Å². The Morgan fingerprint density at radius 2 is 1.93 bits per heavy atom. The van der Waals surface area contributed by atoms with Gasteiger partial charge >= 0.3 is 5.97 Å². The molecule has 15 heavy (non-hydrogen) atoms. The van der Waals surface area contributed by atoms with Crippen molar-refractivity contribution in [3.05, 3.63) is 42.5 Å². The van der Waals surface area contributed by atoms with E-state index in [0.717, 1.165) is 0 Å². The normalized spacial score (nSPS) is 9.40. The van der Waals surface area contributed by atoms with E-state index < -0.39 is 11.2 Å². The topological polar surface area (TPSA) is 43.4 Å². The van der Waals surface area contributed by atoms with E-state index in [9.17, 15) is 9.59 Å². The van der Waals surface area contributed by atoms with Crippen LogP contribution in [0, 0.1) is 0 Å². The van der Waals surface area contributed by atoms with Gasteiger partial charge in [-0.05, 0) is 35.9 Å². The van der Waals surface area contributed by atoms with Gasteiger partial charge in [0, 0.05) is 5.56 Å². The van der Waals surface area contributed by atoms with Crippen LogP contribution in [-0.2, 0) is 4.79 Å². The van der Waals surface area contributed by atoms with Crippen LogP contribution in [-0.4, -0.2) is 11.2 Å². The summed E-state index contributed by atoms with van der Waals surface area (Å²) in [5.74, 6) is -0.0153. The van der Waals surface area contributed by atoms with Crippen LogP contribution in [0.15, 0.2) is 36.9 Å². The summed E-state index contributed by atoms with van der Waals surface area (Å²) >= 11 is 5.25. The van der Waals surface area contributed by atoms with Crippen LogP contribution in [0.5, 0.6) is 5.75 Å². The Bertz CT molecular complexity index is 381. The van der Waals surface area contributed by atoms with Gasteiger partial charge in [0.1, 0.15) is 5.75 Å². The molecule has 1 aromatic rings. The van der Waals surface area contributed by atoms with Crippen LogP contribution in [0.1, 0.15) is 16.8 Å². The quantitative estimate of drug-likeness (QED) is 0.342. The minimum absolute atomic E-state index is 0.149. The second-order valence-electron chi connectivity index (χ2n) is 2.76. The number of hydrogen-bond donors (Lipinski definition) is 0. The average Bonchev–Trinajstić information content (AvgIpc) is 2.18. The van der Waals surface area contributed by atoms with Gasteiger partial charge in [-0.15, -0.1) is 6.58 Å². The monoisotopic (exact) mass is 224 g/mol. The van der Waals surface area contributed by atoms with E-state index in [-0.39, 0.29) is 6.42 Å². The molecule has 0 aliphatic heterocycles. The van der Waals surface area contributed by atoms with Crippen LogP contribution in [0.4, 0.5) is 0 Å². The summed E-state index contributed by atoms with van der Waals surface area (Å²) in [7, 11) is 0. The fourth-order valence-corrected chi connectivity index (χ4v) is 1.07. The van der Waals surface area contributed by atoms with E-state index in [2.05, 4.69) is 6.58 Å². The molecular weight excluding hydrogens is 216 g/mol. The lowest BCUT2D eigenvalue weighted by Gasteiger charge is -2.02. The first-order chi connectivity index (χ1) is 7.13. The molecule has 0 unspecified atom stereocenters. The second-order valence-corrected chi connectivity index (χ2v) is 3.11. The number of esters is 1. The van der Waals surface area contributed by atoms with Gasteiger partial charge in [0.15, 0.2) is 0 Å². The molecule has 0 saturated heterocycles. The highest BCUT2D eigenvalue weighted by Crippen LogP contribution is 2.14. The molecular formula is C11H9ClO3. The third-order valence-corrected chi connectivity index (χ3v) is 1.84. The van der Waals surface area contributed by atoms with Crippen LogP contribution in [0.2, 0.25) is 0 Å². The minimum atomic E-state index is -0.543. The maximum absolute atomic E-state index is 11.0. The smallest absolute Gasteiger partial charge is 0.315 e. The molecule has 0 spiro atoms. The minimum Gasteiger partial charge on any atom is -0.426 e. The molecule has 4 heteroatoms. The Morgan fingerprint density at radius 3 is 2.40 bits per heavy atom. The van der Waals surface area contributed by atoms with Crippen molar-refractivity contribution in [1.82, 2.24) is 0 Å². The van der Waals surface area contributed by atoms with Crippen LogP contribution in [0.25, 0.3) is 0 Å². The van der Waals surface area contributed by atoms with Gasteiger partial charge in [-0.25, -0.2) is 0 Å². The molecule has 0 amide bonds. The van der Waals surface area contributed by atoms with Crippen LogP contribution in [0.3, 0.4) is 0 Å². The molecule has 1 aromatic carbocycles. The number of rotatable bonds is 4. The van der Waals surface area contributed by atoms with E-state index in [0.29, 0.717) is 11.3 Å². The Hall–Kier alpha value is -1.61. The number of halogens is 1.